The first-order valence-corrected chi connectivity index (χ1v) is 6.49. The first-order chi connectivity index (χ1) is 8.92. The molecule has 3 heterocycles. The van der Waals surface area contributed by atoms with Crippen molar-refractivity contribution in [2.75, 3.05) is 23.3 Å². The topological polar surface area (TPSA) is 44.0 Å². The van der Waals surface area contributed by atoms with Crippen molar-refractivity contribution in [1.82, 2.24) is 9.97 Å². The number of aromatic amines is 1. The van der Waals surface area contributed by atoms with Gasteiger partial charge in [0.2, 0.25) is 0 Å². The van der Waals surface area contributed by atoms with E-state index in [0.717, 1.165) is 31.1 Å². The maximum Gasteiger partial charge on any atom is 0.128 e. The van der Waals surface area contributed by atoms with Gasteiger partial charge in [-0.3, -0.25) is 0 Å². The first kappa shape index (κ1) is 11.1. The number of nitrogens with one attached hydrogen (secondary N) is 2. The molecule has 0 aliphatic carbocycles. The summed E-state index contributed by atoms with van der Waals surface area (Å²) in [5.74, 6) is 1.10. The predicted octanol–water partition coefficient (Wildman–Crippen LogP) is 2.62. The molecule has 1 aliphatic rings. The number of nitrogens with zero attached hydrogens (tertiary/aromatic N) is 2. The number of hydrogen-bond donors (Lipinski definition) is 2. The fourth-order valence-electron chi connectivity index (χ4n) is 2.30. The van der Waals surface area contributed by atoms with E-state index in [2.05, 4.69) is 38.4 Å². The Morgan fingerprint density at radius 2 is 2.11 bits per heavy atom. The fraction of sp³-hybridized carbons (Fsp3) is 0.357. The van der Waals surface area contributed by atoms with Gasteiger partial charge in [-0.25, -0.2) is 4.98 Å². The Hall–Kier alpha value is -1.97. The van der Waals surface area contributed by atoms with Gasteiger partial charge in [0.1, 0.15) is 5.82 Å². The van der Waals surface area contributed by atoms with E-state index in [1.807, 2.05) is 18.5 Å². The zero-order valence-electron chi connectivity index (χ0n) is 10.4. The molecular weight excluding hydrogens is 224 g/mol. The molecule has 0 atom stereocenters. The monoisotopic (exact) mass is 242 g/mol. The molecule has 3 rings (SSSR count). The summed E-state index contributed by atoms with van der Waals surface area (Å²) in [6, 6.07) is 8.27. The number of anilines is 2. The van der Waals surface area contributed by atoms with Crippen LogP contribution in [-0.4, -0.2) is 23.1 Å². The fourth-order valence-corrected chi connectivity index (χ4v) is 2.30. The number of hydrogen-bond acceptors (Lipinski definition) is 3. The standard InChI is InChI=1S/C14H18N4/c1-2-9-18(8-1)14-6-5-13(11-17-14)16-10-12-4-3-7-15-12/h3-7,11,15-16H,1-2,8-10H2. The Balaban J connectivity index is 1.60. The van der Waals surface area contributed by atoms with Crippen molar-refractivity contribution in [2.45, 2.75) is 19.4 Å². The largest absolute Gasteiger partial charge is 0.378 e. The summed E-state index contributed by atoms with van der Waals surface area (Å²) < 4.78 is 0. The van der Waals surface area contributed by atoms with Crippen LogP contribution in [-0.2, 0) is 6.54 Å². The maximum absolute atomic E-state index is 4.51. The molecule has 18 heavy (non-hydrogen) atoms. The van der Waals surface area contributed by atoms with E-state index in [4.69, 9.17) is 0 Å². The number of aromatic nitrogens is 2. The van der Waals surface area contributed by atoms with Gasteiger partial charge in [0.05, 0.1) is 18.4 Å². The summed E-state index contributed by atoms with van der Waals surface area (Å²) in [5.41, 5.74) is 2.24. The molecule has 0 spiro atoms. The highest BCUT2D eigenvalue weighted by molar-refractivity contribution is 5.49. The van der Waals surface area contributed by atoms with Crippen LogP contribution in [0, 0.1) is 0 Å². The Kier molecular flexibility index (Phi) is 3.17. The summed E-state index contributed by atoms with van der Waals surface area (Å²) in [5, 5.41) is 3.35. The highest BCUT2D eigenvalue weighted by Gasteiger charge is 2.12. The summed E-state index contributed by atoms with van der Waals surface area (Å²) in [6.45, 7) is 3.09. The van der Waals surface area contributed by atoms with Crippen LogP contribution in [0.4, 0.5) is 11.5 Å². The zero-order valence-corrected chi connectivity index (χ0v) is 10.4. The van der Waals surface area contributed by atoms with Crippen LogP contribution in [0.5, 0.6) is 0 Å². The van der Waals surface area contributed by atoms with Gasteiger partial charge < -0.3 is 15.2 Å². The quantitative estimate of drug-likeness (QED) is 0.866. The van der Waals surface area contributed by atoms with E-state index >= 15 is 0 Å². The molecule has 4 heteroatoms. The molecule has 2 N–H and O–H groups in total. The van der Waals surface area contributed by atoms with Gasteiger partial charge in [-0.1, -0.05) is 0 Å². The molecule has 2 aromatic rings. The first-order valence-electron chi connectivity index (χ1n) is 6.49. The second-order valence-corrected chi connectivity index (χ2v) is 4.65. The van der Waals surface area contributed by atoms with Gasteiger partial charge in [-0.2, -0.15) is 0 Å². The van der Waals surface area contributed by atoms with Crippen LogP contribution in [0.25, 0.3) is 0 Å². The number of H-pyrrole nitrogens is 1. The SMILES string of the molecule is c1c[nH]c(CNc2ccc(N3CCCC3)nc2)c1. The minimum atomic E-state index is 0.803. The predicted molar refractivity (Wildman–Crippen MR) is 73.8 cm³/mol. The van der Waals surface area contributed by atoms with Gasteiger partial charge in [0.15, 0.2) is 0 Å². The number of pyridine rings is 1. The third-order valence-electron chi connectivity index (χ3n) is 3.32. The van der Waals surface area contributed by atoms with E-state index in [0.29, 0.717) is 0 Å². The normalized spacial score (nSPS) is 15.0. The lowest BCUT2D eigenvalue weighted by Crippen LogP contribution is -2.18. The minimum Gasteiger partial charge on any atom is -0.378 e. The Bertz CT molecular complexity index is 469. The lowest BCUT2D eigenvalue weighted by atomic mass is 10.3. The second kappa shape index (κ2) is 5.12. The third-order valence-corrected chi connectivity index (χ3v) is 3.32. The molecule has 0 bridgehead atoms. The van der Waals surface area contributed by atoms with E-state index in [1.165, 1.54) is 18.5 Å². The van der Waals surface area contributed by atoms with E-state index in [-0.39, 0.29) is 0 Å². The lowest BCUT2D eigenvalue weighted by Gasteiger charge is -2.16. The lowest BCUT2D eigenvalue weighted by molar-refractivity contribution is 0.937. The molecule has 0 radical (unpaired) electrons. The van der Waals surface area contributed by atoms with Crippen molar-refractivity contribution < 1.29 is 0 Å². The Morgan fingerprint density at radius 3 is 2.78 bits per heavy atom. The van der Waals surface area contributed by atoms with Gasteiger partial charge in [-0.15, -0.1) is 0 Å². The smallest absolute Gasteiger partial charge is 0.128 e. The minimum absolute atomic E-state index is 0.803. The zero-order chi connectivity index (χ0) is 12.2. The van der Waals surface area contributed by atoms with Crippen LogP contribution in [0.1, 0.15) is 18.5 Å². The van der Waals surface area contributed by atoms with Crippen LogP contribution < -0.4 is 10.2 Å². The molecule has 1 saturated heterocycles. The van der Waals surface area contributed by atoms with Crippen LogP contribution in [0.2, 0.25) is 0 Å². The summed E-state index contributed by atoms with van der Waals surface area (Å²) >= 11 is 0. The molecule has 1 aliphatic heterocycles. The van der Waals surface area contributed by atoms with Crippen LogP contribution >= 0.6 is 0 Å². The maximum atomic E-state index is 4.51. The van der Waals surface area contributed by atoms with Crippen LogP contribution in [0.15, 0.2) is 36.7 Å². The van der Waals surface area contributed by atoms with E-state index in [1.54, 1.807) is 0 Å². The van der Waals surface area contributed by atoms with Crippen molar-refractivity contribution in [3.63, 3.8) is 0 Å². The average molecular weight is 242 g/mol. The van der Waals surface area contributed by atoms with Crippen molar-refractivity contribution in [2.24, 2.45) is 0 Å². The second-order valence-electron chi connectivity index (χ2n) is 4.65. The van der Waals surface area contributed by atoms with E-state index in [9.17, 15) is 0 Å². The highest BCUT2D eigenvalue weighted by atomic mass is 15.2. The number of rotatable bonds is 4. The molecule has 94 valence electrons. The van der Waals surface area contributed by atoms with Gasteiger partial charge in [0.25, 0.3) is 0 Å². The van der Waals surface area contributed by atoms with Crippen molar-refractivity contribution in [3.05, 3.63) is 42.4 Å². The van der Waals surface area contributed by atoms with Gasteiger partial charge in [-0.05, 0) is 37.1 Å². The molecule has 0 aromatic carbocycles. The Labute approximate surface area is 107 Å². The van der Waals surface area contributed by atoms with Crippen molar-refractivity contribution in [3.8, 4) is 0 Å². The average Bonchev–Trinajstić information content (AvgIpc) is 3.10. The molecule has 0 saturated carbocycles. The highest BCUT2D eigenvalue weighted by Crippen LogP contribution is 2.19. The molecule has 0 unspecified atom stereocenters. The van der Waals surface area contributed by atoms with Crippen molar-refractivity contribution in [1.29, 1.82) is 0 Å². The summed E-state index contributed by atoms with van der Waals surface area (Å²) in [6.07, 6.45) is 6.42. The summed E-state index contributed by atoms with van der Waals surface area (Å²) in [4.78, 5) is 10.0. The third kappa shape index (κ3) is 2.47. The molecule has 2 aromatic heterocycles. The van der Waals surface area contributed by atoms with Gasteiger partial charge in [0, 0.05) is 25.0 Å². The molecular formula is C14H18N4. The molecule has 4 nitrogen and oxygen atoms in total. The summed E-state index contributed by atoms with van der Waals surface area (Å²) in [7, 11) is 0. The van der Waals surface area contributed by atoms with E-state index < -0.39 is 0 Å². The molecule has 0 amide bonds. The Morgan fingerprint density at radius 1 is 1.22 bits per heavy atom. The van der Waals surface area contributed by atoms with Gasteiger partial charge >= 0.3 is 0 Å². The van der Waals surface area contributed by atoms with Crippen molar-refractivity contribution >= 4 is 11.5 Å². The van der Waals surface area contributed by atoms with Crippen LogP contribution in [0.3, 0.4) is 0 Å². The molecule has 1 fully saturated rings.